The lowest BCUT2D eigenvalue weighted by Gasteiger charge is -2.01. The van der Waals surface area contributed by atoms with E-state index in [1.165, 1.54) is 18.3 Å². The van der Waals surface area contributed by atoms with E-state index in [4.69, 9.17) is 0 Å². The predicted molar refractivity (Wildman–Crippen MR) is 61.0 cm³/mol. The Morgan fingerprint density at radius 3 is 2.47 bits per heavy atom. The van der Waals surface area contributed by atoms with Crippen LogP contribution in [0.5, 0.6) is 0 Å². The van der Waals surface area contributed by atoms with Gasteiger partial charge in [0.1, 0.15) is 12.0 Å². The van der Waals surface area contributed by atoms with Gasteiger partial charge in [-0.2, -0.15) is 0 Å². The maximum atomic E-state index is 13.3. The molecule has 0 aliphatic rings. The lowest BCUT2D eigenvalue weighted by Crippen LogP contribution is -1.91. The van der Waals surface area contributed by atoms with E-state index in [0.29, 0.717) is 16.7 Å². The van der Waals surface area contributed by atoms with Gasteiger partial charge >= 0.3 is 5.82 Å². The first kappa shape index (κ1) is 11.2. The van der Waals surface area contributed by atoms with Crippen LogP contribution in [0.1, 0.15) is 5.56 Å². The van der Waals surface area contributed by atoms with Crippen LogP contribution in [0.25, 0.3) is 11.1 Å². The van der Waals surface area contributed by atoms with E-state index in [9.17, 15) is 14.5 Å². The van der Waals surface area contributed by atoms with Crippen LogP contribution in [0.4, 0.5) is 10.2 Å². The number of hydrogen-bond donors (Lipinski definition) is 0. The van der Waals surface area contributed by atoms with Crippen molar-refractivity contribution in [2.75, 3.05) is 0 Å². The van der Waals surface area contributed by atoms with E-state index in [-0.39, 0.29) is 11.6 Å². The lowest BCUT2D eigenvalue weighted by molar-refractivity contribution is -0.389. The van der Waals surface area contributed by atoms with Gasteiger partial charge < -0.3 is 10.1 Å². The van der Waals surface area contributed by atoms with Crippen LogP contribution < -0.4 is 0 Å². The van der Waals surface area contributed by atoms with Gasteiger partial charge in [0, 0.05) is 11.6 Å². The molecule has 0 saturated carbocycles. The van der Waals surface area contributed by atoms with E-state index in [2.05, 4.69) is 4.98 Å². The fourth-order valence-corrected chi connectivity index (χ4v) is 1.44. The minimum absolute atomic E-state index is 0.221. The highest BCUT2D eigenvalue weighted by molar-refractivity contribution is 5.63. The topological polar surface area (TPSA) is 56.0 Å². The summed E-state index contributed by atoms with van der Waals surface area (Å²) in [4.78, 5) is 13.5. The third-order valence-corrected chi connectivity index (χ3v) is 2.44. The molecule has 86 valence electrons. The summed E-state index contributed by atoms with van der Waals surface area (Å²) in [6.45, 7) is 1.67. The van der Waals surface area contributed by atoms with Gasteiger partial charge in [-0.15, -0.1) is 0 Å². The van der Waals surface area contributed by atoms with Crippen molar-refractivity contribution in [3.8, 4) is 11.1 Å². The third kappa shape index (κ3) is 2.28. The molecule has 2 rings (SSSR count). The number of nitrogens with zero attached hydrogens (tertiary/aromatic N) is 2. The van der Waals surface area contributed by atoms with Crippen molar-refractivity contribution >= 4 is 5.82 Å². The summed E-state index contributed by atoms with van der Waals surface area (Å²) in [6, 6.07) is 7.65. The van der Waals surface area contributed by atoms with Gasteiger partial charge in [0.05, 0.1) is 0 Å². The number of aromatic nitrogens is 1. The van der Waals surface area contributed by atoms with Crippen molar-refractivity contribution in [3.63, 3.8) is 0 Å². The van der Waals surface area contributed by atoms with Gasteiger partial charge in [0.2, 0.25) is 0 Å². The zero-order valence-electron chi connectivity index (χ0n) is 9.05. The quantitative estimate of drug-likeness (QED) is 0.590. The van der Waals surface area contributed by atoms with Crippen LogP contribution in [0.3, 0.4) is 0 Å². The first-order valence-electron chi connectivity index (χ1n) is 4.95. The molecule has 0 aliphatic heterocycles. The zero-order chi connectivity index (χ0) is 12.4. The highest BCUT2D eigenvalue weighted by Gasteiger charge is 2.08. The maximum Gasteiger partial charge on any atom is 0.363 e. The van der Waals surface area contributed by atoms with Crippen molar-refractivity contribution in [2.24, 2.45) is 0 Å². The molecule has 17 heavy (non-hydrogen) atoms. The number of benzene rings is 1. The second kappa shape index (κ2) is 4.29. The molecule has 0 atom stereocenters. The molecule has 0 amide bonds. The lowest BCUT2D eigenvalue weighted by atomic mass is 10.1. The summed E-state index contributed by atoms with van der Waals surface area (Å²) < 4.78 is 13.3. The highest BCUT2D eigenvalue weighted by atomic mass is 19.1. The number of halogens is 1. The zero-order valence-corrected chi connectivity index (χ0v) is 9.05. The third-order valence-electron chi connectivity index (χ3n) is 2.44. The molecule has 0 unspecified atom stereocenters. The van der Waals surface area contributed by atoms with Gasteiger partial charge in [0.15, 0.2) is 0 Å². The first-order valence-corrected chi connectivity index (χ1v) is 4.95. The Bertz CT molecular complexity index is 567. The molecule has 0 bridgehead atoms. The standard InChI is InChI=1S/C12H9FN2O2/c1-8-2-3-9(6-11(8)13)10-4-5-12(14-7-10)15(16)17/h2-7H,1H3. The van der Waals surface area contributed by atoms with Gasteiger partial charge in [0.25, 0.3) is 0 Å². The van der Waals surface area contributed by atoms with Crippen molar-refractivity contribution in [3.05, 3.63) is 58.0 Å². The molecule has 4 nitrogen and oxygen atoms in total. The van der Waals surface area contributed by atoms with E-state index >= 15 is 0 Å². The Hall–Kier alpha value is -2.30. The van der Waals surface area contributed by atoms with E-state index < -0.39 is 4.92 Å². The molecule has 5 heteroatoms. The molecule has 1 aromatic carbocycles. The van der Waals surface area contributed by atoms with Crippen LogP contribution in [0.15, 0.2) is 36.5 Å². The number of hydrogen-bond acceptors (Lipinski definition) is 3. The normalized spacial score (nSPS) is 10.2. The summed E-state index contributed by atoms with van der Waals surface area (Å²) in [7, 11) is 0. The molecular formula is C12H9FN2O2. The molecule has 0 spiro atoms. The Morgan fingerprint density at radius 1 is 1.24 bits per heavy atom. The average molecular weight is 232 g/mol. The summed E-state index contributed by atoms with van der Waals surface area (Å²) in [5.74, 6) is -0.526. The fraction of sp³-hybridized carbons (Fsp3) is 0.0833. The summed E-state index contributed by atoms with van der Waals surface area (Å²) in [5.41, 5.74) is 1.86. The largest absolute Gasteiger partial charge is 0.363 e. The Morgan fingerprint density at radius 2 is 1.94 bits per heavy atom. The minimum Gasteiger partial charge on any atom is -0.358 e. The minimum atomic E-state index is -0.570. The van der Waals surface area contributed by atoms with E-state index in [1.807, 2.05) is 0 Å². The van der Waals surface area contributed by atoms with Crippen LogP contribution >= 0.6 is 0 Å². The second-order valence-corrected chi connectivity index (χ2v) is 3.63. The Balaban J connectivity index is 2.39. The Labute approximate surface area is 96.9 Å². The second-order valence-electron chi connectivity index (χ2n) is 3.63. The average Bonchev–Trinajstić information content (AvgIpc) is 2.33. The number of nitro groups is 1. The van der Waals surface area contributed by atoms with Gasteiger partial charge in [-0.25, -0.2) is 4.39 Å². The SMILES string of the molecule is Cc1ccc(-c2ccc([N+](=O)[O-])nc2)cc1F. The van der Waals surface area contributed by atoms with E-state index in [1.54, 1.807) is 25.1 Å². The van der Waals surface area contributed by atoms with Crippen LogP contribution in [0, 0.1) is 22.9 Å². The molecule has 0 aliphatic carbocycles. The molecule has 2 aromatic rings. The van der Waals surface area contributed by atoms with Gasteiger partial charge in [-0.1, -0.05) is 12.1 Å². The maximum absolute atomic E-state index is 13.3. The fourth-order valence-electron chi connectivity index (χ4n) is 1.44. The molecule has 0 radical (unpaired) electrons. The summed E-state index contributed by atoms with van der Waals surface area (Å²) in [6.07, 6.45) is 1.36. The van der Waals surface area contributed by atoms with Crippen molar-refractivity contribution < 1.29 is 9.31 Å². The van der Waals surface area contributed by atoms with Gasteiger partial charge in [-0.3, -0.25) is 0 Å². The van der Waals surface area contributed by atoms with Crippen LogP contribution in [0.2, 0.25) is 0 Å². The van der Waals surface area contributed by atoms with Crippen molar-refractivity contribution in [2.45, 2.75) is 6.92 Å². The van der Waals surface area contributed by atoms with Crippen molar-refractivity contribution in [1.82, 2.24) is 4.98 Å². The molecule has 1 aromatic heterocycles. The van der Waals surface area contributed by atoms with E-state index in [0.717, 1.165) is 0 Å². The van der Waals surface area contributed by atoms with Crippen LogP contribution in [-0.4, -0.2) is 9.91 Å². The van der Waals surface area contributed by atoms with Crippen LogP contribution in [-0.2, 0) is 0 Å². The summed E-state index contributed by atoms with van der Waals surface area (Å²) in [5, 5.41) is 10.4. The summed E-state index contributed by atoms with van der Waals surface area (Å²) >= 11 is 0. The van der Waals surface area contributed by atoms with Gasteiger partial charge in [-0.05, 0) is 40.1 Å². The highest BCUT2D eigenvalue weighted by Crippen LogP contribution is 2.22. The predicted octanol–water partition coefficient (Wildman–Crippen LogP) is 3.10. The van der Waals surface area contributed by atoms with Crippen molar-refractivity contribution in [1.29, 1.82) is 0 Å². The molecule has 0 N–H and O–H groups in total. The number of pyridine rings is 1. The smallest absolute Gasteiger partial charge is 0.358 e. The first-order chi connectivity index (χ1) is 8.08. The molecular weight excluding hydrogens is 223 g/mol. The molecule has 0 saturated heterocycles. The molecule has 1 heterocycles. The number of rotatable bonds is 2. The monoisotopic (exact) mass is 232 g/mol. The molecule has 0 fully saturated rings. The Kier molecular flexibility index (Phi) is 2.82. The number of aryl methyl sites for hydroxylation is 1.